The van der Waals surface area contributed by atoms with Crippen molar-refractivity contribution in [3.05, 3.63) is 76.3 Å². The number of nitrogens with zero attached hydrogens (tertiary/aromatic N) is 2. The van der Waals surface area contributed by atoms with Crippen LogP contribution in [0.5, 0.6) is 0 Å². The summed E-state index contributed by atoms with van der Waals surface area (Å²) < 4.78 is 7.12. The van der Waals surface area contributed by atoms with Crippen molar-refractivity contribution in [3.63, 3.8) is 0 Å². The first kappa shape index (κ1) is 16.5. The van der Waals surface area contributed by atoms with Crippen molar-refractivity contribution in [3.8, 4) is 0 Å². The van der Waals surface area contributed by atoms with Gasteiger partial charge < -0.3 is 10.1 Å². The predicted octanol–water partition coefficient (Wildman–Crippen LogP) is 1.83. The smallest absolute Gasteiger partial charge is 0.261 e. The fraction of sp³-hybridized carbons (Fsp3) is 0.250. The first-order valence-corrected chi connectivity index (χ1v) is 8.62. The lowest BCUT2D eigenvalue weighted by Gasteiger charge is -2.26. The van der Waals surface area contributed by atoms with Crippen LogP contribution in [0.2, 0.25) is 0 Å². The zero-order valence-corrected chi connectivity index (χ0v) is 14.2. The van der Waals surface area contributed by atoms with Crippen molar-refractivity contribution in [2.75, 3.05) is 13.2 Å². The van der Waals surface area contributed by atoms with E-state index in [9.17, 15) is 9.59 Å². The van der Waals surface area contributed by atoms with E-state index in [0.717, 1.165) is 12.0 Å². The van der Waals surface area contributed by atoms with Crippen LogP contribution in [0.25, 0.3) is 10.9 Å². The lowest BCUT2D eigenvalue weighted by atomic mass is 9.97. The van der Waals surface area contributed by atoms with E-state index < -0.39 is 0 Å². The topological polar surface area (TPSA) is 73.2 Å². The highest BCUT2D eigenvalue weighted by Gasteiger charge is 2.21. The maximum Gasteiger partial charge on any atom is 0.261 e. The van der Waals surface area contributed by atoms with E-state index in [-0.39, 0.29) is 24.1 Å². The molecule has 0 spiro atoms. The molecule has 2 heterocycles. The van der Waals surface area contributed by atoms with Crippen LogP contribution in [0.15, 0.2) is 59.7 Å². The second-order valence-electron chi connectivity index (χ2n) is 6.31. The molecule has 6 heteroatoms. The summed E-state index contributed by atoms with van der Waals surface area (Å²) in [5.41, 5.74) is 2.78. The molecule has 0 unspecified atom stereocenters. The van der Waals surface area contributed by atoms with Gasteiger partial charge in [-0.1, -0.05) is 36.4 Å². The highest BCUT2D eigenvalue weighted by molar-refractivity contribution is 5.78. The van der Waals surface area contributed by atoms with Gasteiger partial charge in [-0.25, -0.2) is 4.98 Å². The number of carbonyl (C=O) groups excluding carboxylic acids is 1. The third-order valence-electron chi connectivity index (χ3n) is 4.62. The Morgan fingerprint density at radius 3 is 2.92 bits per heavy atom. The number of amides is 1. The number of para-hydroxylation sites is 1. The standard InChI is InChI=1S/C20H19N3O3/c24-19(12-23-13-22-17-8-4-3-7-16(17)20(23)25)21-11-18-15-6-2-1-5-14(15)9-10-26-18/h1-8,13,18H,9-12H2,(H,21,24)/t18-/m0/s1. The molecule has 3 aromatic rings. The van der Waals surface area contributed by atoms with Crippen LogP contribution in [0.3, 0.4) is 0 Å². The maximum atomic E-state index is 12.5. The Bertz CT molecular complexity index is 1010. The Balaban J connectivity index is 1.44. The fourth-order valence-electron chi connectivity index (χ4n) is 3.28. The summed E-state index contributed by atoms with van der Waals surface area (Å²) in [5, 5.41) is 3.37. The number of benzene rings is 2. The molecule has 26 heavy (non-hydrogen) atoms. The van der Waals surface area contributed by atoms with Gasteiger partial charge in [-0.2, -0.15) is 0 Å². The van der Waals surface area contributed by atoms with Crippen LogP contribution < -0.4 is 10.9 Å². The molecule has 0 saturated heterocycles. The lowest BCUT2D eigenvalue weighted by molar-refractivity contribution is -0.122. The normalized spacial score (nSPS) is 16.2. The van der Waals surface area contributed by atoms with E-state index in [2.05, 4.69) is 16.4 Å². The van der Waals surface area contributed by atoms with Crippen LogP contribution in [0.4, 0.5) is 0 Å². The van der Waals surface area contributed by atoms with Gasteiger partial charge in [0.1, 0.15) is 12.6 Å². The maximum absolute atomic E-state index is 12.5. The monoisotopic (exact) mass is 349 g/mol. The van der Waals surface area contributed by atoms with Crippen molar-refractivity contribution in [1.29, 1.82) is 0 Å². The molecule has 6 nitrogen and oxygen atoms in total. The van der Waals surface area contributed by atoms with E-state index >= 15 is 0 Å². The second-order valence-corrected chi connectivity index (χ2v) is 6.31. The van der Waals surface area contributed by atoms with Crippen LogP contribution >= 0.6 is 0 Å². The highest BCUT2D eigenvalue weighted by Crippen LogP contribution is 2.26. The molecular weight excluding hydrogens is 330 g/mol. The first-order valence-electron chi connectivity index (χ1n) is 8.62. The molecule has 4 rings (SSSR count). The number of aromatic nitrogens is 2. The Morgan fingerprint density at radius 1 is 1.19 bits per heavy atom. The second kappa shape index (κ2) is 7.09. The van der Waals surface area contributed by atoms with Crippen molar-refractivity contribution in [2.45, 2.75) is 19.1 Å². The summed E-state index contributed by atoms with van der Waals surface area (Å²) in [6.45, 7) is 0.961. The van der Waals surface area contributed by atoms with Crippen molar-refractivity contribution >= 4 is 16.8 Å². The summed E-state index contributed by atoms with van der Waals surface area (Å²) in [6, 6.07) is 15.2. The number of hydrogen-bond acceptors (Lipinski definition) is 4. The van der Waals surface area contributed by atoms with Gasteiger partial charge >= 0.3 is 0 Å². The molecular formula is C20H19N3O3. The Hall–Kier alpha value is -2.99. The van der Waals surface area contributed by atoms with Crippen LogP contribution in [-0.4, -0.2) is 28.6 Å². The molecule has 0 bridgehead atoms. The highest BCUT2D eigenvalue weighted by atomic mass is 16.5. The van der Waals surface area contributed by atoms with Crippen LogP contribution in [0, 0.1) is 0 Å². The predicted molar refractivity (Wildman–Crippen MR) is 97.9 cm³/mol. The minimum absolute atomic E-state index is 0.0644. The number of rotatable bonds is 4. The zero-order chi connectivity index (χ0) is 17.9. The largest absolute Gasteiger partial charge is 0.371 e. The van der Waals surface area contributed by atoms with E-state index in [0.29, 0.717) is 24.1 Å². The molecule has 0 saturated carbocycles. The lowest BCUT2D eigenvalue weighted by Crippen LogP contribution is -2.36. The molecule has 1 N–H and O–H groups in total. The van der Waals surface area contributed by atoms with E-state index in [1.165, 1.54) is 16.5 Å². The zero-order valence-electron chi connectivity index (χ0n) is 14.2. The van der Waals surface area contributed by atoms with Crippen molar-refractivity contribution in [1.82, 2.24) is 14.9 Å². The third kappa shape index (κ3) is 3.23. The molecule has 0 fully saturated rings. The Labute approximate surface area is 150 Å². The molecule has 1 amide bonds. The van der Waals surface area contributed by atoms with Crippen LogP contribution in [0.1, 0.15) is 17.2 Å². The quantitative estimate of drug-likeness (QED) is 0.780. The summed E-state index contributed by atoms with van der Waals surface area (Å²) in [5.74, 6) is -0.240. The summed E-state index contributed by atoms with van der Waals surface area (Å²) in [7, 11) is 0. The average Bonchev–Trinajstić information content (AvgIpc) is 2.69. The van der Waals surface area contributed by atoms with E-state index in [1.807, 2.05) is 24.3 Å². The van der Waals surface area contributed by atoms with Crippen LogP contribution in [-0.2, 0) is 22.5 Å². The first-order chi connectivity index (χ1) is 12.7. The van der Waals surface area contributed by atoms with E-state index in [4.69, 9.17) is 4.74 Å². The molecule has 1 aliphatic heterocycles. The van der Waals surface area contributed by atoms with Crippen molar-refractivity contribution < 1.29 is 9.53 Å². The Kier molecular flexibility index (Phi) is 4.50. The van der Waals surface area contributed by atoms with Gasteiger partial charge in [0.05, 0.1) is 23.8 Å². The van der Waals surface area contributed by atoms with Gasteiger partial charge in [0.25, 0.3) is 5.56 Å². The van der Waals surface area contributed by atoms with Gasteiger partial charge in [0.2, 0.25) is 5.91 Å². The van der Waals surface area contributed by atoms with Gasteiger partial charge in [0, 0.05) is 6.54 Å². The number of ether oxygens (including phenoxy) is 1. The molecule has 1 aliphatic rings. The molecule has 1 atom stereocenters. The summed E-state index contributed by atoms with van der Waals surface area (Å²) in [4.78, 5) is 29.0. The molecule has 1 aromatic heterocycles. The molecule has 132 valence electrons. The number of fused-ring (bicyclic) bond motifs is 2. The summed E-state index contributed by atoms with van der Waals surface area (Å²) >= 11 is 0. The third-order valence-corrected chi connectivity index (χ3v) is 4.62. The molecule has 2 aromatic carbocycles. The minimum atomic E-state index is -0.240. The number of carbonyl (C=O) groups is 1. The number of hydrogen-bond donors (Lipinski definition) is 1. The average molecular weight is 349 g/mol. The van der Waals surface area contributed by atoms with Gasteiger partial charge in [-0.05, 0) is 29.7 Å². The Morgan fingerprint density at radius 2 is 2.00 bits per heavy atom. The summed E-state index contributed by atoms with van der Waals surface area (Å²) in [6.07, 6.45) is 2.14. The minimum Gasteiger partial charge on any atom is -0.371 e. The fourth-order valence-corrected chi connectivity index (χ4v) is 3.28. The van der Waals surface area contributed by atoms with Gasteiger partial charge in [0.15, 0.2) is 0 Å². The SMILES string of the molecule is O=C(Cn1cnc2ccccc2c1=O)NC[C@@H]1OCCc2ccccc21. The van der Waals surface area contributed by atoms with E-state index in [1.54, 1.807) is 18.2 Å². The molecule has 0 aliphatic carbocycles. The molecule has 0 radical (unpaired) electrons. The van der Waals surface area contributed by atoms with Crippen molar-refractivity contribution in [2.24, 2.45) is 0 Å². The van der Waals surface area contributed by atoms with Gasteiger partial charge in [-0.3, -0.25) is 14.2 Å². The van der Waals surface area contributed by atoms with Gasteiger partial charge in [-0.15, -0.1) is 0 Å². The number of nitrogens with one attached hydrogen (secondary N) is 1.